The van der Waals surface area contributed by atoms with Gasteiger partial charge in [-0.05, 0) is 19.8 Å². The lowest BCUT2D eigenvalue weighted by Gasteiger charge is -2.13. The van der Waals surface area contributed by atoms with Crippen molar-refractivity contribution in [3.8, 4) is 0 Å². The van der Waals surface area contributed by atoms with Gasteiger partial charge in [-0.3, -0.25) is 9.48 Å². The number of nitrogens with zero attached hydrogens (tertiary/aromatic N) is 2. The van der Waals surface area contributed by atoms with Gasteiger partial charge >= 0.3 is 0 Å². The third-order valence-corrected chi connectivity index (χ3v) is 3.87. The summed E-state index contributed by atoms with van der Waals surface area (Å²) in [6.45, 7) is 4.98. The molecule has 0 aromatic carbocycles. The zero-order valence-electron chi connectivity index (χ0n) is 11.0. The van der Waals surface area contributed by atoms with Gasteiger partial charge in [-0.15, -0.1) is 0 Å². The average Bonchev–Trinajstić information content (AvgIpc) is 2.69. The molecule has 0 bridgehead atoms. The fourth-order valence-corrected chi connectivity index (χ4v) is 2.66. The van der Waals surface area contributed by atoms with Crippen molar-refractivity contribution in [3.05, 3.63) is 28.1 Å². The van der Waals surface area contributed by atoms with Crippen LogP contribution in [-0.4, -0.2) is 15.6 Å². The third-order valence-electron chi connectivity index (χ3n) is 3.43. The van der Waals surface area contributed by atoms with Crippen LogP contribution in [0.15, 0.2) is 11.6 Å². The molecule has 0 amide bonds. The number of aryl methyl sites for hydroxylation is 2. The van der Waals surface area contributed by atoms with Gasteiger partial charge in [0.15, 0.2) is 0 Å². The minimum atomic E-state index is 0.336. The van der Waals surface area contributed by atoms with E-state index in [9.17, 15) is 4.79 Å². The lowest BCUT2D eigenvalue weighted by Crippen LogP contribution is -2.09. The molecule has 98 valence electrons. The second-order valence-corrected chi connectivity index (χ2v) is 5.04. The molecule has 1 aromatic rings. The van der Waals surface area contributed by atoms with E-state index in [2.05, 4.69) is 25.0 Å². The minimum absolute atomic E-state index is 0.336. The molecule has 1 aromatic heterocycles. The predicted molar refractivity (Wildman–Crippen MR) is 72.9 cm³/mol. The van der Waals surface area contributed by atoms with E-state index < -0.39 is 0 Å². The molecule has 0 unspecified atom stereocenters. The van der Waals surface area contributed by atoms with Crippen LogP contribution in [0.25, 0.3) is 0 Å². The van der Waals surface area contributed by atoms with Crippen LogP contribution >= 0.6 is 11.6 Å². The van der Waals surface area contributed by atoms with Gasteiger partial charge in [0.05, 0.1) is 16.4 Å². The summed E-state index contributed by atoms with van der Waals surface area (Å²) in [6, 6.07) is 0. The quantitative estimate of drug-likeness (QED) is 0.784. The van der Waals surface area contributed by atoms with Crippen LogP contribution in [0.2, 0.25) is 5.02 Å². The Balaban J connectivity index is 2.23. The van der Waals surface area contributed by atoms with Crippen LogP contribution in [0, 0.1) is 0 Å². The van der Waals surface area contributed by atoms with Crippen molar-refractivity contribution in [2.45, 2.75) is 52.5 Å². The number of Topliss-reactive ketones (excluding diaryl/α,β-unsaturated/α-hetero) is 1. The molecule has 0 N–H and O–H groups in total. The molecular formula is C14H19ClN2O. The topological polar surface area (TPSA) is 34.9 Å². The molecule has 0 aliphatic heterocycles. The highest BCUT2D eigenvalue weighted by atomic mass is 35.5. The first kappa shape index (κ1) is 13.3. The van der Waals surface area contributed by atoms with Crippen LogP contribution in [0.4, 0.5) is 0 Å². The van der Waals surface area contributed by atoms with Crippen molar-refractivity contribution in [2.75, 3.05) is 0 Å². The Labute approximate surface area is 113 Å². The number of hydrogen-bond acceptors (Lipinski definition) is 2. The van der Waals surface area contributed by atoms with Crippen LogP contribution in [-0.2, 0) is 24.2 Å². The largest absolute Gasteiger partial charge is 0.299 e. The standard InChI is InChI=1S/C14H19ClN2O/c1-3-12-14(15)13(17(4-2)16-12)9-10-5-7-11(18)8-6-10/h5H,3-4,6-9H2,1-2H3. The Morgan fingerprint density at radius 2 is 2.17 bits per heavy atom. The molecule has 1 aliphatic carbocycles. The first-order chi connectivity index (χ1) is 8.65. The second-order valence-electron chi connectivity index (χ2n) is 4.66. The van der Waals surface area contributed by atoms with Crippen molar-refractivity contribution in [1.82, 2.24) is 9.78 Å². The van der Waals surface area contributed by atoms with Gasteiger partial charge < -0.3 is 0 Å². The average molecular weight is 267 g/mol. The van der Waals surface area contributed by atoms with Gasteiger partial charge in [0, 0.05) is 25.8 Å². The van der Waals surface area contributed by atoms with E-state index in [1.54, 1.807) is 0 Å². The number of rotatable bonds is 4. The fraction of sp³-hybridized carbons (Fsp3) is 0.571. The van der Waals surface area contributed by atoms with Gasteiger partial charge in [0.1, 0.15) is 5.78 Å². The Hall–Kier alpha value is -1.09. The number of aromatic nitrogens is 2. The zero-order valence-corrected chi connectivity index (χ0v) is 11.8. The first-order valence-electron chi connectivity index (χ1n) is 6.59. The molecule has 1 heterocycles. The lowest BCUT2D eigenvalue weighted by atomic mass is 9.95. The molecule has 0 fully saturated rings. The Morgan fingerprint density at radius 3 is 2.72 bits per heavy atom. The van der Waals surface area contributed by atoms with Crippen LogP contribution in [0.3, 0.4) is 0 Å². The maximum absolute atomic E-state index is 11.2. The fourth-order valence-electron chi connectivity index (χ4n) is 2.32. The Morgan fingerprint density at radius 1 is 1.39 bits per heavy atom. The molecule has 18 heavy (non-hydrogen) atoms. The minimum Gasteiger partial charge on any atom is -0.299 e. The van der Waals surface area contributed by atoms with E-state index in [1.807, 2.05) is 4.68 Å². The summed E-state index contributed by atoms with van der Waals surface area (Å²) in [7, 11) is 0. The Bertz CT molecular complexity index is 488. The predicted octanol–water partition coefficient (Wildman–Crippen LogP) is 3.34. The second kappa shape index (κ2) is 5.70. The normalized spacial score (nSPS) is 15.9. The highest BCUT2D eigenvalue weighted by molar-refractivity contribution is 6.31. The van der Waals surface area contributed by atoms with E-state index in [-0.39, 0.29) is 0 Å². The van der Waals surface area contributed by atoms with Crippen LogP contribution in [0.5, 0.6) is 0 Å². The van der Waals surface area contributed by atoms with Crippen LogP contribution in [0.1, 0.15) is 44.5 Å². The molecule has 1 aliphatic rings. The zero-order chi connectivity index (χ0) is 13.1. The number of carbonyl (C=O) groups is 1. The molecule has 0 spiro atoms. The van der Waals surface area contributed by atoms with Crippen LogP contribution < -0.4 is 0 Å². The van der Waals surface area contributed by atoms with Gasteiger partial charge in [-0.2, -0.15) is 5.10 Å². The SMILES string of the molecule is CCc1nn(CC)c(CC2=CCC(=O)CC2)c1Cl. The third kappa shape index (κ3) is 2.66. The molecule has 2 rings (SSSR count). The van der Waals surface area contributed by atoms with E-state index in [0.29, 0.717) is 18.6 Å². The van der Waals surface area contributed by atoms with Gasteiger partial charge in [-0.25, -0.2) is 0 Å². The summed E-state index contributed by atoms with van der Waals surface area (Å²) in [5.41, 5.74) is 3.38. The first-order valence-corrected chi connectivity index (χ1v) is 6.97. The number of hydrogen-bond donors (Lipinski definition) is 0. The maximum atomic E-state index is 11.2. The molecule has 3 nitrogen and oxygen atoms in total. The molecule has 0 radical (unpaired) electrons. The number of ketones is 1. The molecule has 0 saturated carbocycles. The van der Waals surface area contributed by atoms with Gasteiger partial charge in [-0.1, -0.05) is 30.2 Å². The summed E-state index contributed by atoms with van der Waals surface area (Å²) in [5.74, 6) is 0.336. The van der Waals surface area contributed by atoms with E-state index in [1.165, 1.54) is 5.57 Å². The summed E-state index contributed by atoms with van der Waals surface area (Å²) < 4.78 is 1.98. The lowest BCUT2D eigenvalue weighted by molar-refractivity contribution is -0.118. The number of halogens is 1. The highest BCUT2D eigenvalue weighted by Crippen LogP contribution is 2.27. The van der Waals surface area contributed by atoms with Crippen molar-refractivity contribution >= 4 is 17.4 Å². The highest BCUT2D eigenvalue weighted by Gasteiger charge is 2.17. The van der Waals surface area contributed by atoms with Crippen molar-refractivity contribution < 1.29 is 4.79 Å². The Kier molecular flexibility index (Phi) is 4.23. The molecule has 0 atom stereocenters. The summed E-state index contributed by atoms with van der Waals surface area (Å²) in [6.07, 6.45) is 5.85. The number of carbonyl (C=O) groups excluding carboxylic acids is 1. The smallest absolute Gasteiger partial charge is 0.136 e. The molecule has 4 heteroatoms. The van der Waals surface area contributed by atoms with E-state index in [4.69, 9.17) is 11.6 Å². The molecular weight excluding hydrogens is 248 g/mol. The summed E-state index contributed by atoms with van der Waals surface area (Å²) >= 11 is 6.38. The summed E-state index contributed by atoms with van der Waals surface area (Å²) in [4.78, 5) is 11.2. The van der Waals surface area contributed by atoms with Gasteiger partial charge in [0.25, 0.3) is 0 Å². The van der Waals surface area contributed by atoms with Gasteiger partial charge in [0.2, 0.25) is 0 Å². The van der Waals surface area contributed by atoms with Crippen molar-refractivity contribution in [2.24, 2.45) is 0 Å². The monoisotopic (exact) mass is 266 g/mol. The summed E-state index contributed by atoms with van der Waals surface area (Å²) in [5, 5.41) is 5.32. The van der Waals surface area contributed by atoms with Crippen molar-refractivity contribution in [1.29, 1.82) is 0 Å². The maximum Gasteiger partial charge on any atom is 0.136 e. The van der Waals surface area contributed by atoms with E-state index >= 15 is 0 Å². The van der Waals surface area contributed by atoms with E-state index in [0.717, 1.165) is 42.2 Å². The molecule has 0 saturated heterocycles. The number of allylic oxidation sites excluding steroid dienone is 2. The van der Waals surface area contributed by atoms with Crippen molar-refractivity contribution in [3.63, 3.8) is 0 Å².